The maximum absolute atomic E-state index is 12.7. The quantitative estimate of drug-likeness (QED) is 0.864. The molecule has 0 saturated heterocycles. The Morgan fingerprint density at radius 3 is 2.04 bits per heavy atom. The van der Waals surface area contributed by atoms with E-state index in [9.17, 15) is 9.59 Å². The van der Waals surface area contributed by atoms with Crippen LogP contribution in [0.15, 0.2) is 30.3 Å². The van der Waals surface area contributed by atoms with Gasteiger partial charge in [-0.15, -0.1) is 0 Å². The molecule has 1 aliphatic carbocycles. The van der Waals surface area contributed by atoms with E-state index >= 15 is 0 Å². The monoisotopic (exact) mass is 317 g/mol. The van der Waals surface area contributed by atoms with Crippen molar-refractivity contribution in [3.63, 3.8) is 0 Å². The van der Waals surface area contributed by atoms with Crippen LogP contribution in [0.4, 0.5) is 5.69 Å². The Balaban J connectivity index is 2.28. The van der Waals surface area contributed by atoms with Crippen LogP contribution in [0.2, 0.25) is 0 Å². The topological polar surface area (TPSA) is 57.6 Å². The van der Waals surface area contributed by atoms with Crippen LogP contribution in [0, 0.1) is 16.7 Å². The lowest BCUT2D eigenvalue weighted by Crippen LogP contribution is -2.41. The first kappa shape index (κ1) is 17.5. The van der Waals surface area contributed by atoms with Gasteiger partial charge in [0.05, 0.1) is 6.42 Å². The maximum Gasteiger partial charge on any atom is 0.303 e. The van der Waals surface area contributed by atoms with E-state index < -0.39 is 5.97 Å². The number of carboxylic acid groups (broad SMARTS) is 1. The average molecular weight is 317 g/mol. The summed E-state index contributed by atoms with van der Waals surface area (Å²) in [5, 5.41) is 8.87. The normalized spacial score (nSPS) is 19.9. The molecule has 4 heteroatoms. The van der Waals surface area contributed by atoms with Crippen molar-refractivity contribution in [3.05, 3.63) is 30.3 Å². The van der Waals surface area contributed by atoms with Crippen molar-refractivity contribution in [2.75, 3.05) is 4.90 Å². The first-order valence-corrected chi connectivity index (χ1v) is 8.19. The second kappa shape index (κ2) is 5.99. The number of amides is 1. The van der Waals surface area contributed by atoms with Gasteiger partial charge in [-0.25, -0.2) is 0 Å². The number of anilines is 1. The average Bonchev–Trinajstić information content (AvgIpc) is 2.87. The summed E-state index contributed by atoms with van der Waals surface area (Å²) in [6.07, 6.45) is -0.103. The van der Waals surface area contributed by atoms with E-state index in [1.165, 1.54) is 0 Å². The van der Waals surface area contributed by atoms with Gasteiger partial charge < -0.3 is 10.0 Å². The molecule has 1 aromatic rings. The number of hydrogen-bond acceptors (Lipinski definition) is 2. The number of benzene rings is 1. The molecule has 0 aromatic heterocycles. The highest BCUT2D eigenvalue weighted by atomic mass is 16.4. The summed E-state index contributed by atoms with van der Waals surface area (Å²) in [5.41, 5.74) is 1.16. The zero-order valence-corrected chi connectivity index (χ0v) is 14.7. The Morgan fingerprint density at radius 2 is 1.61 bits per heavy atom. The Bertz CT molecular complexity index is 578. The maximum atomic E-state index is 12.7. The zero-order chi connectivity index (χ0) is 17.4. The van der Waals surface area contributed by atoms with Crippen LogP contribution < -0.4 is 4.90 Å². The van der Waals surface area contributed by atoms with E-state index in [4.69, 9.17) is 5.11 Å². The molecule has 1 aromatic carbocycles. The molecule has 1 aliphatic rings. The lowest BCUT2D eigenvalue weighted by molar-refractivity contribution is -0.138. The summed E-state index contributed by atoms with van der Waals surface area (Å²) in [4.78, 5) is 25.3. The van der Waals surface area contributed by atoms with Crippen LogP contribution >= 0.6 is 0 Å². The predicted molar refractivity (Wildman–Crippen MR) is 91.3 cm³/mol. The van der Waals surface area contributed by atoms with Crippen molar-refractivity contribution >= 4 is 17.6 Å². The summed E-state index contributed by atoms with van der Waals surface area (Å²) in [7, 11) is 0. The van der Waals surface area contributed by atoms with Gasteiger partial charge >= 0.3 is 5.97 Å². The lowest BCUT2D eigenvalue weighted by Gasteiger charge is -2.31. The lowest BCUT2D eigenvalue weighted by atomic mass is 10.0. The van der Waals surface area contributed by atoms with Crippen molar-refractivity contribution in [1.82, 2.24) is 0 Å². The molecule has 0 radical (unpaired) electrons. The van der Waals surface area contributed by atoms with Crippen molar-refractivity contribution < 1.29 is 14.7 Å². The third kappa shape index (κ3) is 3.12. The molecule has 1 atom stereocenters. The molecule has 0 heterocycles. The molecule has 1 amide bonds. The standard InChI is InChI=1S/C19H27NO3/c1-13(17-18(2,3)19(17,4)5)20(14-9-7-6-8-10-14)15(21)11-12-16(22)23/h6-10,13,17H,11-12H2,1-5H3,(H,22,23). The van der Waals surface area contributed by atoms with Crippen molar-refractivity contribution in [2.45, 2.75) is 53.5 Å². The molecule has 126 valence electrons. The molecular formula is C19H27NO3. The van der Waals surface area contributed by atoms with E-state index in [1.807, 2.05) is 30.3 Å². The Morgan fingerprint density at radius 1 is 1.09 bits per heavy atom. The highest BCUT2D eigenvalue weighted by Gasteiger charge is 2.67. The molecule has 0 aliphatic heterocycles. The highest BCUT2D eigenvalue weighted by Crippen LogP contribution is 2.70. The fourth-order valence-electron chi connectivity index (χ4n) is 4.13. The van der Waals surface area contributed by atoms with E-state index in [0.717, 1.165) is 5.69 Å². The Labute approximate surface area is 138 Å². The molecular weight excluding hydrogens is 290 g/mol. The Kier molecular flexibility index (Phi) is 4.56. The van der Waals surface area contributed by atoms with Crippen LogP contribution in [0.25, 0.3) is 0 Å². The second-order valence-corrected chi connectivity index (χ2v) is 7.65. The van der Waals surface area contributed by atoms with E-state index in [1.54, 1.807) is 4.90 Å². The second-order valence-electron chi connectivity index (χ2n) is 7.65. The summed E-state index contributed by atoms with van der Waals surface area (Å²) < 4.78 is 0. The van der Waals surface area contributed by atoms with E-state index in [0.29, 0.717) is 5.92 Å². The third-order valence-corrected chi connectivity index (χ3v) is 5.88. The summed E-state index contributed by atoms with van der Waals surface area (Å²) in [6.45, 7) is 11.0. The van der Waals surface area contributed by atoms with E-state index in [2.05, 4.69) is 34.6 Å². The Hall–Kier alpha value is -1.84. The fraction of sp³-hybridized carbons (Fsp3) is 0.579. The number of carboxylic acids is 1. The number of para-hydroxylation sites is 1. The number of rotatable bonds is 6. The molecule has 2 rings (SSSR count). The molecule has 23 heavy (non-hydrogen) atoms. The van der Waals surface area contributed by atoms with Gasteiger partial charge in [-0.3, -0.25) is 9.59 Å². The SMILES string of the molecule is CC(C1C(C)(C)C1(C)C)N(C(=O)CCC(=O)O)c1ccccc1. The molecule has 1 unspecified atom stereocenters. The molecule has 1 fully saturated rings. The number of hydrogen-bond donors (Lipinski definition) is 1. The first-order chi connectivity index (χ1) is 10.6. The van der Waals surface area contributed by atoms with Gasteiger partial charge in [-0.2, -0.15) is 0 Å². The molecule has 0 spiro atoms. The van der Waals surface area contributed by atoms with Crippen LogP contribution in [0.3, 0.4) is 0 Å². The zero-order valence-electron chi connectivity index (χ0n) is 14.7. The number of nitrogens with zero attached hydrogens (tertiary/aromatic N) is 1. The van der Waals surface area contributed by atoms with Gasteiger partial charge in [0.25, 0.3) is 0 Å². The minimum Gasteiger partial charge on any atom is -0.481 e. The molecule has 1 saturated carbocycles. The summed E-state index contributed by atoms with van der Waals surface area (Å²) in [5.74, 6) is -0.681. The van der Waals surface area contributed by atoms with Gasteiger partial charge in [-0.05, 0) is 35.8 Å². The summed E-state index contributed by atoms with van der Waals surface area (Å²) in [6, 6.07) is 9.59. The van der Waals surface area contributed by atoms with Crippen molar-refractivity contribution in [2.24, 2.45) is 16.7 Å². The van der Waals surface area contributed by atoms with Gasteiger partial charge in [-0.1, -0.05) is 45.9 Å². The van der Waals surface area contributed by atoms with E-state index in [-0.39, 0.29) is 35.6 Å². The minimum atomic E-state index is -0.939. The third-order valence-electron chi connectivity index (χ3n) is 5.88. The fourth-order valence-corrected chi connectivity index (χ4v) is 4.13. The van der Waals surface area contributed by atoms with Crippen LogP contribution in [0.1, 0.15) is 47.5 Å². The predicted octanol–water partition coefficient (Wildman–Crippen LogP) is 3.96. The van der Waals surface area contributed by atoms with Crippen LogP contribution in [-0.2, 0) is 9.59 Å². The molecule has 0 bridgehead atoms. The number of carbonyl (C=O) groups excluding carboxylic acids is 1. The van der Waals surface area contributed by atoms with Crippen molar-refractivity contribution in [1.29, 1.82) is 0 Å². The summed E-state index contributed by atoms with van der Waals surface area (Å²) >= 11 is 0. The highest BCUT2D eigenvalue weighted by molar-refractivity contribution is 5.95. The first-order valence-electron chi connectivity index (χ1n) is 8.19. The molecule has 4 nitrogen and oxygen atoms in total. The van der Waals surface area contributed by atoms with Gasteiger partial charge in [0.2, 0.25) is 5.91 Å². The van der Waals surface area contributed by atoms with Crippen LogP contribution in [-0.4, -0.2) is 23.0 Å². The minimum absolute atomic E-state index is 0.0299. The number of aliphatic carboxylic acids is 1. The van der Waals surface area contributed by atoms with Crippen molar-refractivity contribution in [3.8, 4) is 0 Å². The van der Waals surface area contributed by atoms with Gasteiger partial charge in [0.15, 0.2) is 0 Å². The van der Waals surface area contributed by atoms with Gasteiger partial charge in [0, 0.05) is 18.2 Å². The van der Waals surface area contributed by atoms with Gasteiger partial charge in [0.1, 0.15) is 0 Å². The van der Waals surface area contributed by atoms with Crippen LogP contribution in [0.5, 0.6) is 0 Å². The number of carbonyl (C=O) groups is 2. The molecule has 1 N–H and O–H groups in total. The largest absolute Gasteiger partial charge is 0.481 e. The smallest absolute Gasteiger partial charge is 0.303 e.